The van der Waals surface area contributed by atoms with Gasteiger partial charge in [-0.3, -0.25) is 14.5 Å². The van der Waals surface area contributed by atoms with E-state index in [1.807, 2.05) is 19.2 Å². The molecule has 1 saturated heterocycles. The Balaban J connectivity index is 1.45. The van der Waals surface area contributed by atoms with Gasteiger partial charge in [0.2, 0.25) is 0 Å². The smallest absolute Gasteiger partial charge is 0.274 e. The third-order valence-electron chi connectivity index (χ3n) is 7.88. The molecule has 0 aliphatic carbocycles. The molecule has 1 amide bonds. The summed E-state index contributed by atoms with van der Waals surface area (Å²) in [5, 5.41) is 9.42. The molecule has 1 fully saturated rings. The molecule has 1 aromatic carbocycles. The Labute approximate surface area is 236 Å². The molecule has 3 aromatic heterocycles. The molecule has 0 radical (unpaired) electrons. The third-order valence-corrected chi connectivity index (χ3v) is 9.59. The molecule has 40 heavy (non-hydrogen) atoms. The third kappa shape index (κ3) is 5.89. The topological polar surface area (TPSA) is 94.3 Å². The Kier molecular flexibility index (Phi) is 7.94. The van der Waals surface area contributed by atoms with Crippen LogP contribution in [0.1, 0.15) is 47.1 Å². The number of rotatable bonds is 8. The highest BCUT2D eigenvalue weighted by atomic mass is 28.3. The maximum atomic E-state index is 13.3. The Hall–Kier alpha value is -3.34. The molecule has 0 spiro atoms. The number of carbonyl (C=O) groups is 1. The lowest BCUT2D eigenvalue weighted by atomic mass is 10.00. The molecular weight excluding hydrogens is 520 g/mol. The summed E-state index contributed by atoms with van der Waals surface area (Å²) in [4.78, 5) is 32.9. The van der Waals surface area contributed by atoms with Crippen molar-refractivity contribution in [2.75, 3.05) is 25.5 Å². The summed E-state index contributed by atoms with van der Waals surface area (Å²) in [5.41, 5.74) is 3.11. The summed E-state index contributed by atoms with van der Waals surface area (Å²) in [6, 6.07) is 10.7. The Bertz CT molecular complexity index is 1620. The summed E-state index contributed by atoms with van der Waals surface area (Å²) < 4.78 is 9.78. The van der Waals surface area contributed by atoms with E-state index in [1.165, 1.54) is 23.2 Å². The summed E-state index contributed by atoms with van der Waals surface area (Å²) in [6.07, 6.45) is 5.35. The van der Waals surface area contributed by atoms with Gasteiger partial charge in [-0.05, 0) is 57.6 Å². The van der Waals surface area contributed by atoms with Gasteiger partial charge in [-0.15, -0.1) is 0 Å². The minimum Gasteiger partial charge on any atom is -0.361 e. The highest BCUT2D eigenvalue weighted by Crippen LogP contribution is 2.34. The normalized spacial score (nSPS) is 16.6. The Morgan fingerprint density at radius 3 is 2.67 bits per heavy atom. The van der Waals surface area contributed by atoms with Gasteiger partial charge in [0.1, 0.15) is 12.5 Å². The van der Waals surface area contributed by atoms with Crippen molar-refractivity contribution in [3.05, 3.63) is 63.8 Å². The van der Waals surface area contributed by atoms with Crippen LogP contribution in [0.5, 0.6) is 0 Å². The minimum absolute atomic E-state index is 0.234. The number of amides is 1. The average molecular weight is 561 g/mol. The lowest BCUT2D eigenvalue weighted by molar-refractivity contribution is 0.0820. The number of pyridine rings is 1. The van der Waals surface area contributed by atoms with Gasteiger partial charge in [0.05, 0.1) is 16.6 Å². The number of hydrogen-bond donors (Lipinski definition) is 1. The lowest BCUT2D eigenvalue weighted by Crippen LogP contribution is -2.31. The maximum Gasteiger partial charge on any atom is 0.274 e. The van der Waals surface area contributed by atoms with Crippen molar-refractivity contribution >= 4 is 41.5 Å². The predicted octanol–water partition coefficient (Wildman–Crippen LogP) is 5.31. The number of ether oxygens (including phenoxy) is 1. The van der Waals surface area contributed by atoms with Crippen molar-refractivity contribution in [2.24, 2.45) is 7.05 Å². The van der Waals surface area contributed by atoms with Crippen molar-refractivity contribution in [1.29, 1.82) is 0 Å². The molecule has 4 aromatic rings. The Morgan fingerprint density at radius 1 is 1.12 bits per heavy atom. The van der Waals surface area contributed by atoms with E-state index in [4.69, 9.17) is 4.74 Å². The molecule has 1 aliphatic rings. The van der Waals surface area contributed by atoms with Gasteiger partial charge in [-0.1, -0.05) is 32.1 Å². The van der Waals surface area contributed by atoms with E-state index in [9.17, 15) is 9.59 Å². The van der Waals surface area contributed by atoms with Gasteiger partial charge >= 0.3 is 0 Å². The van der Waals surface area contributed by atoms with Gasteiger partial charge in [0.25, 0.3) is 11.5 Å². The quantitative estimate of drug-likeness (QED) is 0.232. The van der Waals surface area contributed by atoms with Crippen LogP contribution < -0.4 is 10.9 Å². The number of nitrogens with one attached hydrogen (secondary N) is 1. The number of fused-ring (bicyclic) bond motifs is 2. The maximum absolute atomic E-state index is 13.3. The van der Waals surface area contributed by atoms with Gasteiger partial charge < -0.3 is 14.6 Å². The zero-order valence-electron chi connectivity index (χ0n) is 24.5. The molecule has 1 aliphatic heterocycles. The number of nitrogens with zero attached hydrogens (tertiary/aromatic N) is 5. The molecule has 0 bridgehead atoms. The second-order valence-corrected chi connectivity index (χ2v) is 17.8. The summed E-state index contributed by atoms with van der Waals surface area (Å²) in [5.74, 6) is 0.142. The molecular formula is C30H40N6O3Si. The molecule has 1 N–H and O–H groups in total. The molecule has 0 unspecified atom stereocenters. The van der Waals surface area contributed by atoms with Gasteiger partial charge in [-0.25, -0.2) is 9.67 Å². The number of likely N-dealkylation sites (tertiary alicyclic amines) is 1. The number of aryl methyl sites for hydroxylation is 2. The number of anilines is 1. The van der Waals surface area contributed by atoms with Crippen LogP contribution in [0, 0.1) is 6.92 Å². The average Bonchev–Trinajstić information content (AvgIpc) is 3.26. The molecule has 10 heteroatoms. The highest BCUT2D eigenvalue weighted by molar-refractivity contribution is 6.76. The molecule has 4 heterocycles. The SMILES string of the molecule is Cc1nn(C)c(=O)c2cc(C(=O)Nc3cc4c(cn3)cc([C@H]3CCCCN3C)n4COCC[Si](C)(C)C)ccc12. The number of benzene rings is 1. The molecule has 1 atom stereocenters. The highest BCUT2D eigenvalue weighted by Gasteiger charge is 2.25. The molecule has 0 saturated carbocycles. The van der Waals surface area contributed by atoms with Gasteiger partial charge in [0, 0.05) is 62.1 Å². The molecule has 5 rings (SSSR count). The van der Waals surface area contributed by atoms with Crippen LogP contribution in [0.25, 0.3) is 21.7 Å². The van der Waals surface area contributed by atoms with Gasteiger partial charge in [0.15, 0.2) is 0 Å². The van der Waals surface area contributed by atoms with Crippen molar-refractivity contribution in [3.63, 3.8) is 0 Å². The first-order valence-electron chi connectivity index (χ1n) is 14.1. The first-order valence-corrected chi connectivity index (χ1v) is 17.8. The summed E-state index contributed by atoms with van der Waals surface area (Å²) >= 11 is 0. The zero-order valence-corrected chi connectivity index (χ0v) is 25.5. The van der Waals surface area contributed by atoms with Crippen LogP contribution in [0.15, 0.2) is 41.3 Å². The first-order chi connectivity index (χ1) is 19.0. The first kappa shape index (κ1) is 28.2. The fourth-order valence-electron chi connectivity index (χ4n) is 5.51. The van der Waals surface area contributed by atoms with Crippen LogP contribution in [0.2, 0.25) is 25.7 Å². The van der Waals surface area contributed by atoms with Crippen LogP contribution in [-0.4, -0.2) is 58.4 Å². The summed E-state index contributed by atoms with van der Waals surface area (Å²) in [7, 11) is 2.60. The Morgan fingerprint density at radius 2 is 1.93 bits per heavy atom. The zero-order chi connectivity index (χ0) is 28.6. The second kappa shape index (κ2) is 11.3. The van der Waals surface area contributed by atoms with Crippen LogP contribution in [0.4, 0.5) is 5.82 Å². The monoisotopic (exact) mass is 560 g/mol. The number of piperidine rings is 1. The largest absolute Gasteiger partial charge is 0.361 e. The van der Waals surface area contributed by atoms with E-state index in [2.05, 4.69) is 57.6 Å². The van der Waals surface area contributed by atoms with E-state index in [1.54, 1.807) is 25.2 Å². The number of carbonyl (C=O) groups excluding carboxylic acids is 1. The van der Waals surface area contributed by atoms with Crippen LogP contribution in [-0.2, 0) is 18.5 Å². The van der Waals surface area contributed by atoms with Crippen molar-refractivity contribution in [1.82, 2.24) is 24.2 Å². The minimum atomic E-state index is -1.20. The van der Waals surface area contributed by atoms with Crippen molar-refractivity contribution in [2.45, 2.75) is 64.6 Å². The van der Waals surface area contributed by atoms with E-state index in [0.717, 1.165) is 47.6 Å². The summed E-state index contributed by atoms with van der Waals surface area (Å²) in [6.45, 7) is 11.2. The molecule has 9 nitrogen and oxygen atoms in total. The van der Waals surface area contributed by atoms with E-state index in [0.29, 0.717) is 29.5 Å². The van der Waals surface area contributed by atoms with E-state index in [-0.39, 0.29) is 11.5 Å². The van der Waals surface area contributed by atoms with Crippen LogP contribution >= 0.6 is 0 Å². The van der Waals surface area contributed by atoms with Crippen LogP contribution in [0.3, 0.4) is 0 Å². The lowest BCUT2D eigenvalue weighted by Gasteiger charge is -2.33. The number of aromatic nitrogens is 4. The van der Waals surface area contributed by atoms with Crippen molar-refractivity contribution < 1.29 is 9.53 Å². The standard InChI is InChI=1S/C30H40N6O3Si/c1-20-23-11-10-21(15-24(23)30(38)35(3)33-20)29(37)32-28-17-26-22(18-31-28)16-27(25-9-7-8-12-34(25)2)36(26)19-39-13-14-40(4,5)6/h10-11,15-18,25H,7-9,12-14,19H2,1-6H3,(H,31,32,37)/t25-/m1/s1. The second-order valence-electron chi connectivity index (χ2n) is 12.2. The molecule has 212 valence electrons. The predicted molar refractivity (Wildman–Crippen MR) is 163 cm³/mol. The van der Waals surface area contributed by atoms with E-state index >= 15 is 0 Å². The fraction of sp³-hybridized carbons (Fsp3) is 0.467. The fourth-order valence-corrected chi connectivity index (χ4v) is 6.27. The van der Waals surface area contributed by atoms with Gasteiger partial charge in [-0.2, -0.15) is 5.10 Å². The van der Waals surface area contributed by atoms with E-state index < -0.39 is 8.07 Å². The van der Waals surface area contributed by atoms with Crippen molar-refractivity contribution in [3.8, 4) is 0 Å². The number of hydrogen-bond acceptors (Lipinski definition) is 6.